The van der Waals surface area contributed by atoms with Gasteiger partial charge in [-0.15, -0.1) is 0 Å². The number of carbonyl (C=O) groups is 1. The number of rotatable bonds is 2. The highest BCUT2D eigenvalue weighted by atomic mass is 19.1. The number of halogens is 1. The van der Waals surface area contributed by atoms with Crippen LogP contribution in [0.1, 0.15) is 10.4 Å². The fraction of sp³-hybridized carbons (Fsp3) is 0. The van der Waals surface area contributed by atoms with E-state index in [0.717, 1.165) is 10.9 Å². The second-order valence-corrected chi connectivity index (χ2v) is 4.21. The van der Waals surface area contributed by atoms with Gasteiger partial charge in [-0.2, -0.15) is 0 Å². The van der Waals surface area contributed by atoms with Crippen molar-refractivity contribution in [1.82, 2.24) is 4.98 Å². The third-order valence-electron chi connectivity index (χ3n) is 2.94. The molecule has 0 unspecified atom stereocenters. The van der Waals surface area contributed by atoms with E-state index in [0.29, 0.717) is 5.56 Å². The van der Waals surface area contributed by atoms with Gasteiger partial charge < -0.3 is 10.3 Å². The van der Waals surface area contributed by atoms with Crippen molar-refractivity contribution in [3.8, 4) is 0 Å². The molecule has 0 fully saturated rings. The summed E-state index contributed by atoms with van der Waals surface area (Å²) in [5.41, 5.74) is 1.64. The Labute approximate surface area is 109 Å². The molecule has 94 valence electrons. The van der Waals surface area contributed by atoms with Gasteiger partial charge in [-0.25, -0.2) is 4.39 Å². The van der Waals surface area contributed by atoms with E-state index in [1.54, 1.807) is 24.3 Å². The minimum Gasteiger partial charge on any atom is -0.361 e. The molecule has 0 saturated heterocycles. The third kappa shape index (κ3) is 2.20. The Kier molecular flexibility index (Phi) is 2.76. The molecule has 0 atom stereocenters. The standard InChI is InChI=1S/C15H11FN2O/c16-12-3-1-2-4-14(12)18-15(19)11-5-6-13-10(9-11)7-8-17-13/h1-9,17H,(H,18,19). The highest BCUT2D eigenvalue weighted by molar-refractivity contribution is 6.06. The number of benzene rings is 2. The number of anilines is 1. The van der Waals surface area contributed by atoms with Gasteiger partial charge in [-0.3, -0.25) is 4.79 Å². The van der Waals surface area contributed by atoms with E-state index in [2.05, 4.69) is 10.3 Å². The minimum atomic E-state index is -0.446. The highest BCUT2D eigenvalue weighted by Gasteiger charge is 2.09. The van der Waals surface area contributed by atoms with E-state index >= 15 is 0 Å². The smallest absolute Gasteiger partial charge is 0.255 e. The zero-order chi connectivity index (χ0) is 13.2. The fourth-order valence-corrected chi connectivity index (χ4v) is 1.95. The van der Waals surface area contributed by atoms with E-state index in [9.17, 15) is 9.18 Å². The zero-order valence-electron chi connectivity index (χ0n) is 9.98. The van der Waals surface area contributed by atoms with E-state index in [1.165, 1.54) is 12.1 Å². The molecule has 4 heteroatoms. The summed E-state index contributed by atoms with van der Waals surface area (Å²) in [5.74, 6) is -0.772. The summed E-state index contributed by atoms with van der Waals surface area (Å²) in [7, 11) is 0. The molecule has 0 bridgehead atoms. The van der Waals surface area contributed by atoms with Gasteiger partial charge in [0.1, 0.15) is 5.82 Å². The number of nitrogens with one attached hydrogen (secondary N) is 2. The summed E-state index contributed by atoms with van der Waals surface area (Å²) in [6.45, 7) is 0. The molecule has 0 aliphatic heterocycles. The molecule has 1 amide bonds. The van der Waals surface area contributed by atoms with Gasteiger partial charge in [0.05, 0.1) is 5.69 Å². The maximum absolute atomic E-state index is 13.4. The Bertz CT molecular complexity index is 748. The second-order valence-electron chi connectivity index (χ2n) is 4.21. The van der Waals surface area contributed by atoms with Crippen LogP contribution >= 0.6 is 0 Å². The summed E-state index contributed by atoms with van der Waals surface area (Å²) in [4.78, 5) is 15.1. The number of carbonyl (C=O) groups excluding carboxylic acids is 1. The lowest BCUT2D eigenvalue weighted by Crippen LogP contribution is -2.12. The van der Waals surface area contributed by atoms with Crippen LogP contribution in [0.3, 0.4) is 0 Å². The number of hydrogen-bond donors (Lipinski definition) is 2. The van der Waals surface area contributed by atoms with Crippen LogP contribution < -0.4 is 5.32 Å². The van der Waals surface area contributed by atoms with Gasteiger partial charge in [-0.05, 0) is 36.4 Å². The van der Waals surface area contributed by atoms with E-state index in [4.69, 9.17) is 0 Å². The molecule has 1 aromatic heterocycles. The van der Waals surface area contributed by atoms with E-state index < -0.39 is 5.82 Å². The Morgan fingerprint density at radius 1 is 1.11 bits per heavy atom. The van der Waals surface area contributed by atoms with Crippen molar-refractivity contribution in [2.24, 2.45) is 0 Å². The first-order chi connectivity index (χ1) is 9.24. The minimum absolute atomic E-state index is 0.182. The molecule has 0 spiro atoms. The lowest BCUT2D eigenvalue weighted by atomic mass is 10.1. The molecule has 0 aliphatic rings. The average molecular weight is 254 g/mol. The summed E-state index contributed by atoms with van der Waals surface area (Å²) in [5, 5.41) is 3.50. The van der Waals surface area contributed by atoms with Crippen LogP contribution in [0, 0.1) is 5.82 Å². The molecule has 2 N–H and O–H groups in total. The van der Waals surface area contributed by atoms with Gasteiger partial charge in [0.2, 0.25) is 0 Å². The van der Waals surface area contributed by atoms with Crippen molar-refractivity contribution in [2.45, 2.75) is 0 Å². The predicted molar refractivity (Wildman–Crippen MR) is 72.7 cm³/mol. The summed E-state index contributed by atoms with van der Waals surface area (Å²) in [6.07, 6.45) is 1.81. The SMILES string of the molecule is O=C(Nc1ccccc1F)c1ccc2[nH]ccc2c1. The predicted octanol–water partition coefficient (Wildman–Crippen LogP) is 3.56. The number of amides is 1. The van der Waals surface area contributed by atoms with Crippen molar-refractivity contribution in [3.05, 3.63) is 66.1 Å². The molecule has 2 aromatic carbocycles. The molecule has 0 saturated carbocycles. The lowest BCUT2D eigenvalue weighted by Gasteiger charge is -2.06. The number of aromatic nitrogens is 1. The van der Waals surface area contributed by atoms with Crippen LogP contribution in [-0.2, 0) is 0 Å². The van der Waals surface area contributed by atoms with Gasteiger partial charge in [0.15, 0.2) is 0 Å². The molecule has 0 radical (unpaired) electrons. The zero-order valence-corrected chi connectivity index (χ0v) is 9.98. The Balaban J connectivity index is 1.89. The monoisotopic (exact) mass is 254 g/mol. The molecule has 3 nitrogen and oxygen atoms in total. The number of para-hydroxylation sites is 1. The van der Waals surface area contributed by atoms with Crippen LogP contribution in [0.2, 0.25) is 0 Å². The quantitative estimate of drug-likeness (QED) is 0.721. The Morgan fingerprint density at radius 2 is 1.95 bits per heavy atom. The van der Waals surface area contributed by atoms with Crippen molar-refractivity contribution >= 4 is 22.5 Å². The summed E-state index contributed by atoms with van der Waals surface area (Å²) >= 11 is 0. The van der Waals surface area contributed by atoms with Crippen molar-refractivity contribution in [1.29, 1.82) is 0 Å². The van der Waals surface area contributed by atoms with Gasteiger partial charge in [0, 0.05) is 22.7 Å². The first kappa shape index (κ1) is 11.5. The van der Waals surface area contributed by atoms with Crippen LogP contribution in [0.5, 0.6) is 0 Å². The number of hydrogen-bond acceptors (Lipinski definition) is 1. The van der Waals surface area contributed by atoms with Crippen molar-refractivity contribution in [3.63, 3.8) is 0 Å². The first-order valence-corrected chi connectivity index (χ1v) is 5.87. The number of aromatic amines is 1. The fourth-order valence-electron chi connectivity index (χ4n) is 1.95. The third-order valence-corrected chi connectivity index (χ3v) is 2.94. The van der Waals surface area contributed by atoms with Crippen LogP contribution in [0.25, 0.3) is 10.9 Å². The van der Waals surface area contributed by atoms with Gasteiger partial charge in [0.25, 0.3) is 5.91 Å². The molecule has 1 heterocycles. The van der Waals surface area contributed by atoms with Crippen LogP contribution in [0.15, 0.2) is 54.7 Å². The Morgan fingerprint density at radius 3 is 2.79 bits per heavy atom. The van der Waals surface area contributed by atoms with Crippen molar-refractivity contribution in [2.75, 3.05) is 5.32 Å². The summed E-state index contributed by atoms with van der Waals surface area (Å²) in [6, 6.07) is 13.3. The molecular weight excluding hydrogens is 243 g/mol. The normalized spacial score (nSPS) is 10.6. The van der Waals surface area contributed by atoms with Crippen molar-refractivity contribution < 1.29 is 9.18 Å². The average Bonchev–Trinajstić information content (AvgIpc) is 2.88. The topological polar surface area (TPSA) is 44.9 Å². The van der Waals surface area contributed by atoms with Gasteiger partial charge >= 0.3 is 0 Å². The maximum Gasteiger partial charge on any atom is 0.255 e. The molecule has 0 aliphatic carbocycles. The molecule has 3 aromatic rings. The van der Waals surface area contributed by atoms with Crippen LogP contribution in [-0.4, -0.2) is 10.9 Å². The summed E-state index contributed by atoms with van der Waals surface area (Å²) < 4.78 is 13.4. The molecule has 19 heavy (non-hydrogen) atoms. The number of fused-ring (bicyclic) bond motifs is 1. The second kappa shape index (κ2) is 4.57. The molecular formula is C15H11FN2O. The highest BCUT2D eigenvalue weighted by Crippen LogP contribution is 2.17. The maximum atomic E-state index is 13.4. The lowest BCUT2D eigenvalue weighted by molar-refractivity contribution is 0.102. The van der Waals surface area contributed by atoms with Crippen LogP contribution in [0.4, 0.5) is 10.1 Å². The largest absolute Gasteiger partial charge is 0.361 e. The van der Waals surface area contributed by atoms with E-state index in [-0.39, 0.29) is 11.6 Å². The molecule has 3 rings (SSSR count). The first-order valence-electron chi connectivity index (χ1n) is 5.87. The number of H-pyrrole nitrogens is 1. The Hall–Kier alpha value is -2.62. The van der Waals surface area contributed by atoms with Gasteiger partial charge in [-0.1, -0.05) is 12.1 Å². The van der Waals surface area contributed by atoms with E-state index in [1.807, 2.05) is 18.3 Å².